The molecule has 0 unspecified atom stereocenters. The molecule has 0 atom stereocenters. The summed E-state index contributed by atoms with van der Waals surface area (Å²) >= 11 is 0. The van der Waals surface area contributed by atoms with E-state index in [2.05, 4.69) is 186 Å². The Kier molecular flexibility index (Phi) is 11.3. The van der Waals surface area contributed by atoms with Gasteiger partial charge in [0.2, 0.25) is 0 Å². The van der Waals surface area contributed by atoms with Crippen molar-refractivity contribution >= 4 is 11.0 Å². The quantitative estimate of drug-likeness (QED) is 0.162. The number of rotatable bonds is 7. The number of aromatic hydroxyl groups is 1. The summed E-state index contributed by atoms with van der Waals surface area (Å²) in [6, 6.07) is 62.7. The smallest absolute Gasteiger partial charge is 0.148 e. The topological polar surface area (TPSA) is 50.9 Å². The Bertz CT molecular complexity index is 2990. The summed E-state index contributed by atoms with van der Waals surface area (Å²) in [5.41, 5.74) is 15.7. The van der Waals surface area contributed by atoms with Gasteiger partial charge in [-0.3, -0.25) is 9.55 Å². The number of hydrogen-bond acceptors (Lipinski definition) is 3. The van der Waals surface area contributed by atoms with Gasteiger partial charge in [-0.05, 0) is 80.6 Å². The number of phenolic OH excluding ortho intramolecular Hbond substituents is 1. The van der Waals surface area contributed by atoms with E-state index in [0.29, 0.717) is 11.4 Å². The summed E-state index contributed by atoms with van der Waals surface area (Å²) in [5.74, 6) is 0.811. The normalized spacial score (nSPS) is 11.7. The van der Waals surface area contributed by atoms with Crippen molar-refractivity contribution < 1.29 is 26.2 Å². The Morgan fingerprint density at radius 1 is 0.492 bits per heavy atom. The minimum atomic E-state index is -0.156. The van der Waals surface area contributed by atoms with Crippen molar-refractivity contribution in [2.45, 2.75) is 52.4 Å². The molecule has 7 aromatic carbocycles. The first-order valence-electron chi connectivity index (χ1n) is 20.6. The van der Waals surface area contributed by atoms with Crippen molar-refractivity contribution in [3.8, 4) is 78.6 Å². The molecule has 4 nitrogen and oxygen atoms in total. The second kappa shape index (κ2) is 16.6. The largest absolute Gasteiger partial charge is 0.507 e. The average molecular weight is 974 g/mol. The van der Waals surface area contributed by atoms with Crippen molar-refractivity contribution in [1.82, 2.24) is 14.5 Å². The standard InChI is InChI=1S/C56H48N3O.Pt/c1-55(2,3)44-26-27-50(47(36-44)39-21-14-9-15-22-39)59-51-24-16-23-46(53(51)58-54(59)48-34-40(25-28-52(48)60)37-17-10-7-11-18-37)42-31-43(33-45(32-42)56(4,5)6)49-35-41(29-30-57-49)38-19-12-8-13-20-38;/h7-30,32-36,60H,1-6H3;/q-1;. The number of phenols is 1. The molecule has 61 heavy (non-hydrogen) atoms. The summed E-state index contributed by atoms with van der Waals surface area (Å²) < 4.78 is 2.23. The first-order chi connectivity index (χ1) is 28.9. The fraction of sp³-hybridized carbons (Fsp3) is 0.143. The number of benzene rings is 7. The average Bonchev–Trinajstić information content (AvgIpc) is 3.66. The van der Waals surface area contributed by atoms with Crippen LogP contribution >= 0.6 is 0 Å². The van der Waals surface area contributed by atoms with E-state index < -0.39 is 0 Å². The molecule has 2 aromatic heterocycles. The maximum Gasteiger partial charge on any atom is 0.148 e. The molecular weight excluding hydrogens is 926 g/mol. The maximum absolute atomic E-state index is 11.8. The second-order valence-corrected chi connectivity index (χ2v) is 17.6. The Balaban J connectivity index is 0.00000514. The molecule has 304 valence electrons. The third-order valence-electron chi connectivity index (χ3n) is 11.4. The number of hydrogen-bond donors (Lipinski definition) is 1. The van der Waals surface area contributed by atoms with Gasteiger partial charge in [-0.25, -0.2) is 4.98 Å². The van der Waals surface area contributed by atoms with Crippen LogP contribution in [0, 0.1) is 6.07 Å². The predicted molar refractivity (Wildman–Crippen MR) is 249 cm³/mol. The van der Waals surface area contributed by atoms with Gasteiger partial charge in [0.25, 0.3) is 0 Å². The van der Waals surface area contributed by atoms with Crippen LogP contribution in [0.2, 0.25) is 0 Å². The van der Waals surface area contributed by atoms with E-state index in [9.17, 15) is 5.11 Å². The SMILES string of the molecule is CC(C)(C)c1cc(-c2cc(-c3ccccc3)ccn2)[c-]c(-c2cccc3c2nc(-c2cc(-c4ccccc4)ccc2O)n3-c2ccc(C(C)(C)C)cc2-c2ccccc2)c1.[Pt]. The first-order valence-corrected chi connectivity index (χ1v) is 20.6. The Morgan fingerprint density at radius 2 is 1.10 bits per heavy atom. The van der Waals surface area contributed by atoms with Gasteiger partial charge < -0.3 is 5.11 Å². The van der Waals surface area contributed by atoms with Crippen molar-refractivity contribution in [1.29, 1.82) is 0 Å². The van der Waals surface area contributed by atoms with Crippen LogP contribution in [0.4, 0.5) is 0 Å². The molecule has 0 saturated carbocycles. The molecule has 0 radical (unpaired) electrons. The van der Waals surface area contributed by atoms with Gasteiger partial charge in [0.15, 0.2) is 0 Å². The monoisotopic (exact) mass is 973 g/mol. The van der Waals surface area contributed by atoms with Gasteiger partial charge in [-0.2, -0.15) is 0 Å². The molecule has 0 aliphatic heterocycles. The van der Waals surface area contributed by atoms with E-state index in [1.807, 2.05) is 36.5 Å². The van der Waals surface area contributed by atoms with E-state index in [-0.39, 0.29) is 37.6 Å². The van der Waals surface area contributed by atoms with Gasteiger partial charge in [-0.1, -0.05) is 174 Å². The van der Waals surface area contributed by atoms with Crippen molar-refractivity contribution in [3.63, 3.8) is 0 Å². The fourth-order valence-electron chi connectivity index (χ4n) is 7.99. The minimum absolute atomic E-state index is 0. The van der Waals surface area contributed by atoms with Gasteiger partial charge in [0, 0.05) is 38.5 Å². The van der Waals surface area contributed by atoms with Gasteiger partial charge >= 0.3 is 0 Å². The van der Waals surface area contributed by atoms with Crippen molar-refractivity contribution in [2.75, 3.05) is 0 Å². The van der Waals surface area contributed by atoms with Crippen LogP contribution in [0.25, 0.3) is 83.9 Å². The molecule has 9 rings (SSSR count). The van der Waals surface area contributed by atoms with Crippen LogP contribution in [0.15, 0.2) is 176 Å². The van der Waals surface area contributed by atoms with Crippen LogP contribution in [-0.4, -0.2) is 19.6 Å². The van der Waals surface area contributed by atoms with E-state index in [1.165, 1.54) is 11.1 Å². The Morgan fingerprint density at radius 3 is 1.74 bits per heavy atom. The zero-order valence-electron chi connectivity index (χ0n) is 35.3. The summed E-state index contributed by atoms with van der Waals surface area (Å²) in [4.78, 5) is 10.4. The molecule has 0 aliphatic carbocycles. The molecule has 1 N–H and O–H groups in total. The van der Waals surface area contributed by atoms with Crippen LogP contribution in [0.3, 0.4) is 0 Å². The Labute approximate surface area is 373 Å². The van der Waals surface area contributed by atoms with E-state index in [1.54, 1.807) is 6.07 Å². The number of imidazole rings is 1. The minimum Gasteiger partial charge on any atom is -0.507 e. The maximum atomic E-state index is 11.8. The summed E-state index contributed by atoms with van der Waals surface area (Å²) in [5, 5.41) is 11.8. The second-order valence-electron chi connectivity index (χ2n) is 17.6. The third-order valence-corrected chi connectivity index (χ3v) is 11.4. The molecule has 0 fully saturated rings. The van der Waals surface area contributed by atoms with Gasteiger partial charge in [-0.15, -0.1) is 29.3 Å². The predicted octanol–water partition coefficient (Wildman–Crippen LogP) is 14.5. The zero-order chi connectivity index (χ0) is 41.6. The van der Waals surface area contributed by atoms with Gasteiger partial charge in [0.1, 0.15) is 11.6 Å². The molecule has 0 aliphatic rings. The van der Waals surface area contributed by atoms with E-state index >= 15 is 0 Å². The molecule has 0 bridgehead atoms. The summed E-state index contributed by atoms with van der Waals surface area (Å²) in [6.45, 7) is 13.5. The molecule has 0 saturated heterocycles. The molecule has 0 amide bonds. The number of fused-ring (bicyclic) bond motifs is 1. The first kappa shape index (κ1) is 41.4. The number of aromatic nitrogens is 3. The molecular formula is C56H48N3OPt-. The van der Waals surface area contributed by atoms with Crippen molar-refractivity contribution in [3.05, 3.63) is 193 Å². The van der Waals surface area contributed by atoms with Crippen LogP contribution < -0.4 is 0 Å². The van der Waals surface area contributed by atoms with Crippen LogP contribution in [-0.2, 0) is 31.9 Å². The molecule has 5 heteroatoms. The third kappa shape index (κ3) is 8.26. The van der Waals surface area contributed by atoms with Crippen molar-refractivity contribution in [2.24, 2.45) is 0 Å². The van der Waals surface area contributed by atoms with Crippen LogP contribution in [0.1, 0.15) is 52.7 Å². The summed E-state index contributed by atoms with van der Waals surface area (Å²) in [6.07, 6.45) is 1.88. The number of nitrogens with zero attached hydrogens (tertiary/aromatic N) is 3. The fourth-order valence-corrected chi connectivity index (χ4v) is 7.99. The summed E-state index contributed by atoms with van der Waals surface area (Å²) in [7, 11) is 0. The molecule has 2 heterocycles. The molecule has 0 spiro atoms. The van der Waals surface area contributed by atoms with E-state index in [0.717, 1.165) is 72.5 Å². The number of pyridine rings is 1. The van der Waals surface area contributed by atoms with E-state index in [4.69, 9.17) is 9.97 Å². The molecule has 9 aromatic rings. The van der Waals surface area contributed by atoms with Crippen LogP contribution in [0.5, 0.6) is 5.75 Å². The zero-order valence-corrected chi connectivity index (χ0v) is 37.6. The number of para-hydroxylation sites is 1. The Hall–Kier alpha value is -6.35. The van der Waals surface area contributed by atoms with Gasteiger partial charge in [0.05, 0.1) is 22.3 Å².